The van der Waals surface area contributed by atoms with Crippen LogP contribution in [0, 0.1) is 5.82 Å². The number of nitrogens with zero attached hydrogens (tertiary/aromatic N) is 1. The third kappa shape index (κ3) is 4.73. The number of hydrogen-bond acceptors (Lipinski definition) is 4. The van der Waals surface area contributed by atoms with Gasteiger partial charge in [0.2, 0.25) is 21.2 Å². The fourth-order valence-electron chi connectivity index (χ4n) is 3.62. The monoisotopic (exact) mass is 498 g/mol. The van der Waals surface area contributed by atoms with E-state index in [-0.39, 0.29) is 22.3 Å². The SMILES string of the molecule is CCc1ccc(S(=O)(=O)c2cn(CC(=O)Nc3cccc(Cl)c3)c3ccc(F)cc3c2=O)cc1. The molecule has 0 radical (unpaired) electrons. The molecule has 9 heteroatoms. The molecule has 0 spiro atoms. The van der Waals surface area contributed by atoms with E-state index in [2.05, 4.69) is 5.32 Å². The van der Waals surface area contributed by atoms with Gasteiger partial charge in [-0.2, -0.15) is 0 Å². The van der Waals surface area contributed by atoms with E-state index in [1.54, 1.807) is 36.4 Å². The highest BCUT2D eigenvalue weighted by atomic mass is 35.5. The van der Waals surface area contributed by atoms with E-state index < -0.39 is 31.9 Å². The van der Waals surface area contributed by atoms with Gasteiger partial charge in [-0.25, -0.2) is 12.8 Å². The molecule has 0 bridgehead atoms. The van der Waals surface area contributed by atoms with Crippen molar-refractivity contribution < 1.29 is 17.6 Å². The zero-order chi connectivity index (χ0) is 24.5. The summed E-state index contributed by atoms with van der Waals surface area (Å²) in [6.45, 7) is 1.63. The Morgan fingerprint density at radius 1 is 1.06 bits per heavy atom. The maximum Gasteiger partial charge on any atom is 0.244 e. The van der Waals surface area contributed by atoms with Gasteiger partial charge in [0.05, 0.1) is 10.4 Å². The lowest BCUT2D eigenvalue weighted by molar-refractivity contribution is -0.116. The highest BCUT2D eigenvalue weighted by Gasteiger charge is 2.24. The van der Waals surface area contributed by atoms with Gasteiger partial charge in [0.15, 0.2) is 0 Å². The van der Waals surface area contributed by atoms with Gasteiger partial charge in [-0.1, -0.05) is 36.7 Å². The number of hydrogen-bond donors (Lipinski definition) is 1. The molecule has 1 N–H and O–H groups in total. The van der Waals surface area contributed by atoms with Gasteiger partial charge in [-0.15, -0.1) is 0 Å². The lowest BCUT2D eigenvalue weighted by atomic mass is 10.2. The molecule has 174 valence electrons. The van der Waals surface area contributed by atoms with Crippen LogP contribution >= 0.6 is 11.6 Å². The van der Waals surface area contributed by atoms with Gasteiger partial charge in [-0.3, -0.25) is 9.59 Å². The molecule has 0 atom stereocenters. The zero-order valence-electron chi connectivity index (χ0n) is 18.1. The number of rotatable bonds is 6. The van der Waals surface area contributed by atoms with E-state index in [0.717, 1.165) is 30.3 Å². The maximum atomic E-state index is 14.0. The van der Waals surface area contributed by atoms with E-state index in [9.17, 15) is 22.4 Å². The van der Waals surface area contributed by atoms with Crippen molar-refractivity contribution in [2.75, 3.05) is 5.32 Å². The Bertz CT molecular complexity index is 1560. The largest absolute Gasteiger partial charge is 0.336 e. The average Bonchev–Trinajstić information content (AvgIpc) is 2.80. The third-order valence-corrected chi connectivity index (χ3v) is 7.36. The number of carbonyl (C=O) groups is 1. The molecule has 0 unspecified atom stereocenters. The van der Waals surface area contributed by atoms with Crippen molar-refractivity contribution in [2.45, 2.75) is 29.7 Å². The van der Waals surface area contributed by atoms with Crippen molar-refractivity contribution in [3.8, 4) is 0 Å². The van der Waals surface area contributed by atoms with Crippen LogP contribution in [0.4, 0.5) is 10.1 Å². The standard InChI is InChI=1S/C25H20ClFN2O4S/c1-2-16-6-9-20(10-7-16)34(32,33)23-14-29(22-11-8-18(27)13-21(22)25(23)31)15-24(30)28-19-5-3-4-17(26)12-19/h3-14H,2,15H2,1H3,(H,28,30). The Morgan fingerprint density at radius 3 is 2.47 bits per heavy atom. The lowest BCUT2D eigenvalue weighted by Crippen LogP contribution is -2.24. The summed E-state index contributed by atoms with van der Waals surface area (Å²) >= 11 is 5.95. The summed E-state index contributed by atoms with van der Waals surface area (Å²) in [4.78, 5) is 25.2. The third-order valence-electron chi connectivity index (χ3n) is 5.36. The summed E-state index contributed by atoms with van der Waals surface area (Å²) in [6.07, 6.45) is 1.85. The van der Waals surface area contributed by atoms with Crippen LogP contribution < -0.4 is 10.7 Å². The molecule has 0 fully saturated rings. The first-order chi connectivity index (χ1) is 16.2. The van der Waals surface area contributed by atoms with Crippen molar-refractivity contribution in [3.63, 3.8) is 0 Å². The van der Waals surface area contributed by atoms with E-state index in [1.165, 1.54) is 22.8 Å². The number of pyridine rings is 1. The summed E-state index contributed by atoms with van der Waals surface area (Å²) in [5, 5.41) is 2.98. The number of benzene rings is 3. The number of halogens is 2. The first-order valence-corrected chi connectivity index (χ1v) is 12.3. The summed E-state index contributed by atoms with van der Waals surface area (Å²) in [6, 6.07) is 16.2. The number of fused-ring (bicyclic) bond motifs is 1. The Kier molecular flexibility index (Phi) is 6.54. The molecular formula is C25H20ClFN2O4S. The number of carbonyl (C=O) groups excluding carboxylic acids is 1. The summed E-state index contributed by atoms with van der Waals surface area (Å²) in [5.74, 6) is -1.17. The van der Waals surface area contributed by atoms with Crippen LogP contribution in [0.2, 0.25) is 5.02 Å². The Balaban J connectivity index is 1.81. The maximum absolute atomic E-state index is 14.0. The van der Waals surface area contributed by atoms with Gasteiger partial charge in [0.25, 0.3) is 0 Å². The van der Waals surface area contributed by atoms with Crippen LogP contribution in [-0.4, -0.2) is 18.9 Å². The van der Waals surface area contributed by atoms with Gasteiger partial charge in [0.1, 0.15) is 17.3 Å². The molecule has 0 aliphatic rings. The van der Waals surface area contributed by atoms with Gasteiger partial charge in [0, 0.05) is 22.3 Å². The number of sulfone groups is 1. The molecule has 0 aliphatic heterocycles. The second-order valence-electron chi connectivity index (χ2n) is 7.67. The predicted octanol–water partition coefficient (Wildman–Crippen LogP) is 4.83. The van der Waals surface area contributed by atoms with Crippen LogP contribution in [0.1, 0.15) is 12.5 Å². The topological polar surface area (TPSA) is 85.2 Å². The van der Waals surface area contributed by atoms with E-state index >= 15 is 0 Å². The van der Waals surface area contributed by atoms with Crippen molar-refractivity contribution in [2.24, 2.45) is 0 Å². The van der Waals surface area contributed by atoms with Crippen LogP contribution in [0.15, 0.2) is 87.5 Å². The van der Waals surface area contributed by atoms with Crippen molar-refractivity contribution in [1.29, 1.82) is 0 Å². The van der Waals surface area contributed by atoms with Crippen molar-refractivity contribution >= 4 is 43.9 Å². The van der Waals surface area contributed by atoms with E-state index in [4.69, 9.17) is 11.6 Å². The molecule has 6 nitrogen and oxygen atoms in total. The number of aryl methyl sites for hydroxylation is 1. The quantitative estimate of drug-likeness (QED) is 0.412. The van der Waals surface area contributed by atoms with Crippen LogP contribution in [-0.2, 0) is 27.6 Å². The first kappa shape index (κ1) is 23.7. The normalized spacial score (nSPS) is 11.5. The number of nitrogens with one attached hydrogen (secondary N) is 1. The smallest absolute Gasteiger partial charge is 0.244 e. The van der Waals surface area contributed by atoms with E-state index in [1.807, 2.05) is 6.92 Å². The minimum atomic E-state index is -4.23. The zero-order valence-corrected chi connectivity index (χ0v) is 19.7. The molecule has 0 aliphatic carbocycles. The molecule has 1 amide bonds. The minimum Gasteiger partial charge on any atom is -0.336 e. The molecule has 4 aromatic rings. The van der Waals surface area contributed by atoms with Crippen LogP contribution in [0.25, 0.3) is 10.9 Å². The second-order valence-corrected chi connectivity index (χ2v) is 10.0. The van der Waals surface area contributed by atoms with Gasteiger partial charge < -0.3 is 9.88 Å². The average molecular weight is 499 g/mol. The second kappa shape index (κ2) is 9.40. The number of aromatic nitrogens is 1. The summed E-state index contributed by atoms with van der Waals surface area (Å²) in [5.41, 5.74) is 0.792. The molecule has 34 heavy (non-hydrogen) atoms. The summed E-state index contributed by atoms with van der Waals surface area (Å²) < 4.78 is 42.0. The molecule has 0 saturated carbocycles. The lowest BCUT2D eigenvalue weighted by Gasteiger charge is -2.14. The molecule has 1 aromatic heterocycles. The number of amides is 1. The Labute approximate surface area is 200 Å². The van der Waals surface area contributed by atoms with Crippen molar-refractivity contribution in [3.05, 3.63) is 99.6 Å². The van der Waals surface area contributed by atoms with Gasteiger partial charge >= 0.3 is 0 Å². The van der Waals surface area contributed by atoms with Gasteiger partial charge in [-0.05, 0) is 60.5 Å². The van der Waals surface area contributed by atoms with Crippen LogP contribution in [0.5, 0.6) is 0 Å². The predicted molar refractivity (Wildman–Crippen MR) is 130 cm³/mol. The van der Waals surface area contributed by atoms with E-state index in [0.29, 0.717) is 10.7 Å². The molecule has 1 heterocycles. The Morgan fingerprint density at radius 2 is 1.79 bits per heavy atom. The molecule has 3 aromatic carbocycles. The molecular weight excluding hydrogens is 479 g/mol. The molecule has 4 rings (SSSR count). The summed E-state index contributed by atoms with van der Waals surface area (Å²) in [7, 11) is -4.23. The highest BCUT2D eigenvalue weighted by Crippen LogP contribution is 2.23. The minimum absolute atomic E-state index is 0.0625. The first-order valence-electron chi connectivity index (χ1n) is 10.4. The fraction of sp³-hybridized carbons (Fsp3) is 0.120. The highest BCUT2D eigenvalue weighted by molar-refractivity contribution is 7.91. The molecule has 0 saturated heterocycles. The number of anilines is 1. The fourth-order valence-corrected chi connectivity index (χ4v) is 5.18. The van der Waals surface area contributed by atoms with Crippen LogP contribution in [0.3, 0.4) is 0 Å². The Hall–Kier alpha value is -3.49. The van der Waals surface area contributed by atoms with Crippen molar-refractivity contribution in [1.82, 2.24) is 4.57 Å².